The van der Waals surface area contributed by atoms with Gasteiger partial charge in [-0.15, -0.1) is 11.8 Å². The van der Waals surface area contributed by atoms with Gasteiger partial charge in [-0.05, 0) is 42.0 Å². The Bertz CT molecular complexity index is 1180. The fraction of sp³-hybridized carbons (Fsp3) is 0.167. The summed E-state index contributed by atoms with van der Waals surface area (Å²) in [4.78, 5) is 28.6. The van der Waals surface area contributed by atoms with Crippen molar-refractivity contribution in [1.29, 1.82) is 0 Å². The van der Waals surface area contributed by atoms with Gasteiger partial charge in [0.1, 0.15) is 11.5 Å². The van der Waals surface area contributed by atoms with Crippen molar-refractivity contribution in [1.82, 2.24) is 0 Å². The number of nitrogens with zero attached hydrogens (tertiary/aromatic N) is 1. The zero-order valence-electron chi connectivity index (χ0n) is 17.8. The number of hydrogen-bond donors (Lipinski definition) is 0. The molecule has 0 N–H and O–H groups in total. The maximum atomic E-state index is 13.6. The van der Waals surface area contributed by atoms with Crippen LogP contribution in [0.5, 0.6) is 17.2 Å². The summed E-state index contributed by atoms with van der Waals surface area (Å²) in [6.45, 7) is 0. The van der Waals surface area contributed by atoms with Gasteiger partial charge in [0.2, 0.25) is 0 Å². The van der Waals surface area contributed by atoms with Crippen molar-refractivity contribution in [3.63, 3.8) is 0 Å². The maximum Gasteiger partial charge on any atom is 0.272 e. The first kappa shape index (κ1) is 21.6. The van der Waals surface area contributed by atoms with Crippen LogP contribution in [0, 0.1) is 0 Å². The van der Waals surface area contributed by atoms with Crippen LogP contribution in [0.1, 0.15) is 11.3 Å². The molecule has 2 heterocycles. The molecule has 0 atom stereocenters. The van der Waals surface area contributed by atoms with Gasteiger partial charge in [0.05, 0.1) is 49.5 Å². The minimum atomic E-state index is -0.436. The topological polar surface area (TPSA) is 78.2 Å². The van der Waals surface area contributed by atoms with Crippen molar-refractivity contribution in [3.8, 4) is 17.2 Å². The third kappa shape index (κ3) is 3.85. The van der Waals surface area contributed by atoms with Gasteiger partial charge in [-0.1, -0.05) is 18.2 Å². The number of imide groups is 1. The zero-order valence-corrected chi connectivity index (χ0v) is 18.6. The number of hydrogen-bond acceptors (Lipinski definition) is 7. The van der Waals surface area contributed by atoms with Crippen molar-refractivity contribution in [2.24, 2.45) is 0 Å². The molecule has 3 aromatic rings. The molecule has 0 fully saturated rings. The molecule has 2 aromatic carbocycles. The summed E-state index contributed by atoms with van der Waals surface area (Å²) < 4.78 is 21.5. The summed E-state index contributed by atoms with van der Waals surface area (Å²) >= 11 is 1.25. The lowest BCUT2D eigenvalue weighted by Gasteiger charge is -2.18. The van der Waals surface area contributed by atoms with Crippen LogP contribution in [0.15, 0.2) is 70.2 Å². The monoisotopic (exact) mass is 451 g/mol. The van der Waals surface area contributed by atoms with E-state index in [2.05, 4.69) is 0 Å². The van der Waals surface area contributed by atoms with Gasteiger partial charge >= 0.3 is 0 Å². The number of anilines is 1. The van der Waals surface area contributed by atoms with Crippen LogP contribution >= 0.6 is 11.8 Å². The maximum absolute atomic E-state index is 13.6. The van der Waals surface area contributed by atoms with Crippen LogP contribution in [0.3, 0.4) is 0 Å². The van der Waals surface area contributed by atoms with Crippen LogP contribution < -0.4 is 19.1 Å². The highest BCUT2D eigenvalue weighted by molar-refractivity contribution is 8.03. The number of thioether (sulfide) groups is 1. The van der Waals surface area contributed by atoms with Crippen LogP contribution in [0.2, 0.25) is 0 Å². The SMILES string of the molecule is COc1ccc(C2=C(SCc3ccco3)C(=O)N(c3ccccc3OC)C2=O)cc1OC. The quantitative estimate of drug-likeness (QED) is 0.466. The Labute approximate surface area is 189 Å². The van der Waals surface area contributed by atoms with Gasteiger partial charge in [0.15, 0.2) is 11.5 Å². The summed E-state index contributed by atoms with van der Waals surface area (Å²) in [6.07, 6.45) is 1.57. The van der Waals surface area contributed by atoms with E-state index in [1.807, 2.05) is 6.07 Å². The van der Waals surface area contributed by atoms with Crippen molar-refractivity contribution >= 4 is 34.8 Å². The van der Waals surface area contributed by atoms with Crippen LogP contribution in [-0.4, -0.2) is 33.1 Å². The lowest BCUT2D eigenvalue weighted by molar-refractivity contribution is -0.119. The molecule has 8 heteroatoms. The van der Waals surface area contributed by atoms with Crippen LogP contribution in [0.4, 0.5) is 5.69 Å². The van der Waals surface area contributed by atoms with Crippen molar-refractivity contribution in [2.45, 2.75) is 5.75 Å². The molecule has 0 saturated carbocycles. The first-order valence-corrected chi connectivity index (χ1v) is 10.7. The minimum Gasteiger partial charge on any atom is -0.495 e. The summed E-state index contributed by atoms with van der Waals surface area (Å²) in [7, 11) is 4.56. The van der Waals surface area contributed by atoms with Crippen molar-refractivity contribution < 1.29 is 28.2 Å². The fourth-order valence-corrected chi connectivity index (χ4v) is 4.48. The van der Waals surface area contributed by atoms with Crippen LogP contribution in [-0.2, 0) is 15.3 Å². The van der Waals surface area contributed by atoms with Gasteiger partial charge < -0.3 is 18.6 Å². The minimum absolute atomic E-state index is 0.290. The molecule has 164 valence electrons. The third-order valence-electron chi connectivity index (χ3n) is 4.98. The highest BCUT2D eigenvalue weighted by Gasteiger charge is 2.41. The number of carbonyl (C=O) groups is 2. The van der Waals surface area contributed by atoms with Crippen molar-refractivity contribution in [3.05, 3.63) is 77.1 Å². The second kappa shape index (κ2) is 9.23. The lowest BCUT2D eigenvalue weighted by Crippen LogP contribution is -2.31. The molecule has 1 aliphatic heterocycles. The van der Waals surface area contributed by atoms with Crippen LogP contribution in [0.25, 0.3) is 5.57 Å². The third-order valence-corrected chi connectivity index (χ3v) is 6.07. The average molecular weight is 452 g/mol. The molecule has 0 bridgehead atoms. The van der Waals surface area contributed by atoms with E-state index in [1.165, 1.54) is 33.1 Å². The molecule has 32 heavy (non-hydrogen) atoms. The molecular formula is C24H21NO6S. The Balaban J connectivity index is 1.81. The smallest absolute Gasteiger partial charge is 0.272 e. The van der Waals surface area contributed by atoms with E-state index >= 15 is 0 Å². The Hall–Kier alpha value is -3.65. The van der Waals surface area contributed by atoms with E-state index < -0.39 is 11.8 Å². The van der Waals surface area contributed by atoms with Gasteiger partial charge in [0.25, 0.3) is 11.8 Å². The summed E-state index contributed by atoms with van der Waals surface area (Å²) in [5, 5.41) is 0. The van der Waals surface area contributed by atoms with E-state index in [-0.39, 0.29) is 0 Å². The Morgan fingerprint density at radius 2 is 1.59 bits per heavy atom. The molecule has 0 unspecified atom stereocenters. The standard InChI is InChI=1S/C24H21NO6S/c1-28-18-9-5-4-8-17(18)25-23(26)21(15-10-11-19(29-2)20(13-15)30-3)22(24(25)27)32-14-16-7-6-12-31-16/h4-13H,14H2,1-3H3. The molecule has 0 aliphatic carbocycles. The molecule has 1 aliphatic rings. The first-order chi connectivity index (χ1) is 15.6. The molecule has 4 rings (SSSR count). The normalized spacial score (nSPS) is 13.7. The average Bonchev–Trinajstić information content (AvgIpc) is 3.43. The summed E-state index contributed by atoms with van der Waals surface area (Å²) in [5.41, 5.74) is 1.23. The zero-order chi connectivity index (χ0) is 22.7. The van der Waals surface area contributed by atoms with Gasteiger partial charge in [0, 0.05) is 0 Å². The van der Waals surface area contributed by atoms with Gasteiger partial charge in [-0.3, -0.25) is 9.59 Å². The van der Waals surface area contributed by atoms with Gasteiger partial charge in [-0.2, -0.15) is 0 Å². The van der Waals surface area contributed by atoms with E-state index in [4.69, 9.17) is 18.6 Å². The predicted molar refractivity (Wildman–Crippen MR) is 122 cm³/mol. The molecule has 0 radical (unpaired) electrons. The van der Waals surface area contributed by atoms with E-state index in [9.17, 15) is 9.59 Å². The summed E-state index contributed by atoms with van der Waals surface area (Å²) in [5.74, 6) is 1.67. The Morgan fingerprint density at radius 1 is 0.844 bits per heavy atom. The highest BCUT2D eigenvalue weighted by atomic mass is 32.2. The Kier molecular flexibility index (Phi) is 6.23. The molecule has 0 saturated heterocycles. The first-order valence-electron chi connectivity index (χ1n) is 9.72. The summed E-state index contributed by atoms with van der Waals surface area (Å²) in [6, 6.07) is 15.7. The molecule has 0 spiro atoms. The molecular weight excluding hydrogens is 430 g/mol. The highest BCUT2D eigenvalue weighted by Crippen LogP contribution is 2.43. The number of para-hydroxylation sites is 2. The fourth-order valence-electron chi connectivity index (χ4n) is 3.46. The molecule has 2 amide bonds. The largest absolute Gasteiger partial charge is 0.495 e. The number of rotatable bonds is 8. The van der Waals surface area contributed by atoms with Crippen molar-refractivity contribution in [2.75, 3.05) is 26.2 Å². The number of carbonyl (C=O) groups excluding carboxylic acids is 2. The lowest BCUT2D eigenvalue weighted by atomic mass is 10.1. The molecule has 7 nitrogen and oxygen atoms in total. The second-order valence-corrected chi connectivity index (χ2v) is 7.75. The van der Waals surface area contributed by atoms with E-state index in [0.717, 1.165) is 4.90 Å². The predicted octanol–water partition coefficient (Wildman–Crippen LogP) is 4.52. The van der Waals surface area contributed by atoms with E-state index in [0.29, 0.717) is 50.5 Å². The number of amides is 2. The van der Waals surface area contributed by atoms with Gasteiger partial charge in [-0.25, -0.2) is 4.90 Å². The van der Waals surface area contributed by atoms with E-state index in [1.54, 1.807) is 54.8 Å². The number of benzene rings is 2. The second-order valence-electron chi connectivity index (χ2n) is 6.76. The Morgan fingerprint density at radius 3 is 2.28 bits per heavy atom. The number of methoxy groups -OCH3 is 3. The molecule has 1 aromatic heterocycles. The number of furan rings is 1. The number of ether oxygens (including phenoxy) is 3.